The number of aliphatic carboxylic acids is 1. The molecule has 2 aliphatic carbocycles. The molecule has 6 heteroatoms. The SMILES string of the molecule is O=C(O)CCCNC(=O)c1ccc(NC2CCCCC2)cc1NC1CCCC1. The fourth-order valence-electron chi connectivity index (χ4n) is 4.26. The Morgan fingerprint density at radius 3 is 2.25 bits per heavy atom. The Balaban J connectivity index is 1.67. The van der Waals surface area contributed by atoms with Gasteiger partial charge in [-0.1, -0.05) is 32.1 Å². The molecule has 4 N–H and O–H groups in total. The molecule has 0 saturated heterocycles. The van der Waals surface area contributed by atoms with E-state index in [2.05, 4.69) is 22.0 Å². The third-order valence-corrected chi connectivity index (χ3v) is 5.81. The van der Waals surface area contributed by atoms with E-state index in [1.807, 2.05) is 12.1 Å². The van der Waals surface area contributed by atoms with E-state index in [0.29, 0.717) is 30.6 Å². The van der Waals surface area contributed by atoms with Crippen LogP contribution in [0.3, 0.4) is 0 Å². The maximum absolute atomic E-state index is 12.7. The number of benzene rings is 1. The normalized spacial score (nSPS) is 18.0. The smallest absolute Gasteiger partial charge is 0.303 e. The summed E-state index contributed by atoms with van der Waals surface area (Å²) in [5.41, 5.74) is 2.58. The Morgan fingerprint density at radius 2 is 1.57 bits per heavy atom. The minimum Gasteiger partial charge on any atom is -0.481 e. The number of hydrogen-bond donors (Lipinski definition) is 4. The van der Waals surface area contributed by atoms with Crippen LogP contribution in [0.4, 0.5) is 11.4 Å². The summed E-state index contributed by atoms with van der Waals surface area (Å²) in [6.45, 7) is 0.371. The van der Waals surface area contributed by atoms with Crippen LogP contribution in [-0.2, 0) is 4.79 Å². The monoisotopic (exact) mass is 387 g/mol. The summed E-state index contributed by atoms with van der Waals surface area (Å²) in [6.07, 6.45) is 11.5. The summed E-state index contributed by atoms with van der Waals surface area (Å²) in [5.74, 6) is -0.980. The average molecular weight is 388 g/mol. The molecule has 2 fully saturated rings. The molecule has 0 unspecified atom stereocenters. The molecule has 0 atom stereocenters. The lowest BCUT2D eigenvalue weighted by atomic mass is 9.95. The largest absolute Gasteiger partial charge is 0.481 e. The number of amides is 1. The van der Waals surface area contributed by atoms with E-state index in [1.165, 1.54) is 44.9 Å². The van der Waals surface area contributed by atoms with Gasteiger partial charge in [0, 0.05) is 36.4 Å². The number of nitrogens with one attached hydrogen (secondary N) is 3. The molecule has 0 aliphatic heterocycles. The van der Waals surface area contributed by atoms with E-state index < -0.39 is 5.97 Å². The van der Waals surface area contributed by atoms with Crippen molar-refractivity contribution in [1.29, 1.82) is 0 Å². The summed E-state index contributed by atoms with van der Waals surface area (Å²) in [5, 5.41) is 18.8. The molecule has 0 bridgehead atoms. The van der Waals surface area contributed by atoms with Crippen molar-refractivity contribution in [3.8, 4) is 0 Å². The Bertz CT molecular complexity index is 665. The van der Waals surface area contributed by atoms with Crippen LogP contribution < -0.4 is 16.0 Å². The first-order valence-corrected chi connectivity index (χ1v) is 10.8. The lowest BCUT2D eigenvalue weighted by Crippen LogP contribution is -2.27. The first-order chi connectivity index (χ1) is 13.6. The molecule has 0 radical (unpaired) electrons. The molecular weight excluding hydrogens is 354 g/mol. The van der Waals surface area contributed by atoms with Gasteiger partial charge in [0.25, 0.3) is 5.91 Å². The number of rotatable bonds is 9. The van der Waals surface area contributed by atoms with Crippen LogP contribution in [0.1, 0.15) is 81.0 Å². The number of carboxylic acid groups (broad SMARTS) is 1. The zero-order valence-corrected chi connectivity index (χ0v) is 16.6. The minimum atomic E-state index is -0.837. The highest BCUT2D eigenvalue weighted by Gasteiger charge is 2.20. The summed E-state index contributed by atoms with van der Waals surface area (Å²) >= 11 is 0. The van der Waals surface area contributed by atoms with Gasteiger partial charge in [-0.3, -0.25) is 9.59 Å². The van der Waals surface area contributed by atoms with Crippen molar-refractivity contribution < 1.29 is 14.7 Å². The van der Waals surface area contributed by atoms with Gasteiger partial charge in [0.15, 0.2) is 0 Å². The highest BCUT2D eigenvalue weighted by atomic mass is 16.4. The van der Waals surface area contributed by atoms with Crippen LogP contribution in [-0.4, -0.2) is 35.6 Å². The van der Waals surface area contributed by atoms with Crippen molar-refractivity contribution in [2.24, 2.45) is 0 Å². The van der Waals surface area contributed by atoms with Crippen LogP contribution in [0.15, 0.2) is 18.2 Å². The first kappa shape index (κ1) is 20.5. The van der Waals surface area contributed by atoms with Gasteiger partial charge in [0.1, 0.15) is 0 Å². The number of carbonyl (C=O) groups is 2. The van der Waals surface area contributed by atoms with Gasteiger partial charge in [-0.2, -0.15) is 0 Å². The highest BCUT2D eigenvalue weighted by Crippen LogP contribution is 2.29. The molecule has 0 aromatic heterocycles. The summed E-state index contributed by atoms with van der Waals surface area (Å²) in [4.78, 5) is 23.3. The molecule has 1 aromatic carbocycles. The average Bonchev–Trinajstić information content (AvgIpc) is 3.19. The summed E-state index contributed by atoms with van der Waals surface area (Å²) < 4.78 is 0. The highest BCUT2D eigenvalue weighted by molar-refractivity contribution is 6.00. The molecule has 2 saturated carbocycles. The quantitative estimate of drug-likeness (QED) is 0.472. The molecule has 0 heterocycles. The van der Waals surface area contributed by atoms with Crippen molar-refractivity contribution in [2.75, 3.05) is 17.2 Å². The third kappa shape index (κ3) is 6.14. The van der Waals surface area contributed by atoms with E-state index in [9.17, 15) is 9.59 Å². The molecular formula is C22H33N3O3. The fourth-order valence-corrected chi connectivity index (χ4v) is 4.26. The maximum atomic E-state index is 12.7. The van der Waals surface area contributed by atoms with E-state index in [-0.39, 0.29) is 12.3 Å². The molecule has 1 amide bonds. The predicted octanol–water partition coefficient (Wildman–Crippen LogP) is 4.38. The van der Waals surface area contributed by atoms with Gasteiger partial charge in [-0.25, -0.2) is 0 Å². The van der Waals surface area contributed by atoms with Gasteiger partial charge in [0.05, 0.1) is 5.56 Å². The number of anilines is 2. The Labute approximate surface area is 167 Å². The summed E-state index contributed by atoms with van der Waals surface area (Å²) in [6, 6.07) is 6.88. The van der Waals surface area contributed by atoms with E-state index >= 15 is 0 Å². The first-order valence-electron chi connectivity index (χ1n) is 10.8. The minimum absolute atomic E-state index is 0.0672. The van der Waals surface area contributed by atoms with Crippen LogP contribution in [0.5, 0.6) is 0 Å². The zero-order chi connectivity index (χ0) is 19.8. The van der Waals surface area contributed by atoms with Gasteiger partial charge in [-0.05, 0) is 50.3 Å². The molecule has 1 aromatic rings. The van der Waals surface area contributed by atoms with Crippen LogP contribution in [0.2, 0.25) is 0 Å². The molecule has 28 heavy (non-hydrogen) atoms. The lowest BCUT2D eigenvalue weighted by Gasteiger charge is -2.25. The second kappa shape index (κ2) is 10.3. The Hall–Kier alpha value is -2.24. The number of carboxylic acids is 1. The predicted molar refractivity (Wildman–Crippen MR) is 112 cm³/mol. The molecule has 6 nitrogen and oxygen atoms in total. The van der Waals surface area contributed by atoms with Crippen LogP contribution >= 0.6 is 0 Å². The molecule has 0 spiro atoms. The number of hydrogen-bond acceptors (Lipinski definition) is 4. The topological polar surface area (TPSA) is 90.5 Å². The van der Waals surface area contributed by atoms with Crippen molar-refractivity contribution >= 4 is 23.3 Å². The number of carbonyl (C=O) groups excluding carboxylic acids is 1. The Morgan fingerprint density at radius 1 is 0.929 bits per heavy atom. The van der Waals surface area contributed by atoms with Gasteiger partial charge in [0.2, 0.25) is 0 Å². The zero-order valence-electron chi connectivity index (χ0n) is 16.6. The maximum Gasteiger partial charge on any atom is 0.303 e. The van der Waals surface area contributed by atoms with Crippen molar-refractivity contribution in [3.05, 3.63) is 23.8 Å². The Kier molecular flexibility index (Phi) is 7.57. The van der Waals surface area contributed by atoms with Gasteiger partial charge < -0.3 is 21.1 Å². The molecule has 2 aliphatic rings. The van der Waals surface area contributed by atoms with Gasteiger partial charge in [-0.15, -0.1) is 0 Å². The van der Waals surface area contributed by atoms with Crippen molar-refractivity contribution in [2.45, 2.75) is 82.7 Å². The third-order valence-electron chi connectivity index (χ3n) is 5.81. The second-order valence-corrected chi connectivity index (χ2v) is 8.12. The fraction of sp³-hybridized carbons (Fsp3) is 0.636. The standard InChI is InChI=1S/C22H33N3O3/c26-21(27)11-6-14-23-22(28)19-13-12-18(24-16-7-2-1-3-8-16)15-20(19)25-17-9-4-5-10-17/h12-13,15-17,24-25H,1-11,14H2,(H,23,28)(H,26,27). The van der Waals surface area contributed by atoms with Crippen LogP contribution in [0.25, 0.3) is 0 Å². The van der Waals surface area contributed by atoms with E-state index in [0.717, 1.165) is 24.2 Å². The van der Waals surface area contributed by atoms with Crippen molar-refractivity contribution in [1.82, 2.24) is 5.32 Å². The van der Waals surface area contributed by atoms with E-state index in [1.54, 1.807) is 0 Å². The lowest BCUT2D eigenvalue weighted by molar-refractivity contribution is -0.137. The molecule has 154 valence electrons. The van der Waals surface area contributed by atoms with Gasteiger partial charge >= 0.3 is 5.97 Å². The van der Waals surface area contributed by atoms with Crippen molar-refractivity contribution in [3.63, 3.8) is 0 Å². The van der Waals surface area contributed by atoms with Crippen LogP contribution in [0, 0.1) is 0 Å². The molecule has 3 rings (SSSR count). The van der Waals surface area contributed by atoms with E-state index in [4.69, 9.17) is 5.11 Å². The summed E-state index contributed by atoms with van der Waals surface area (Å²) in [7, 11) is 0. The second-order valence-electron chi connectivity index (χ2n) is 8.12.